The van der Waals surface area contributed by atoms with Crippen LogP contribution in [-0.4, -0.2) is 44.0 Å². The minimum Gasteiger partial charge on any atom is -0.381 e. The maximum Gasteiger partial charge on any atom is 0.204 e. The number of allylic oxidation sites excluding steroid dienone is 1. The van der Waals surface area contributed by atoms with Crippen molar-refractivity contribution in [1.29, 1.82) is 0 Å². The number of amides is 3. The van der Waals surface area contributed by atoms with E-state index in [4.69, 9.17) is 29.8 Å². The molecular formula is C28H49N5O4S. The lowest BCUT2D eigenvalue weighted by Crippen LogP contribution is -2.23. The Labute approximate surface area is 232 Å². The molecule has 9 nitrogen and oxygen atoms in total. The van der Waals surface area contributed by atoms with E-state index in [2.05, 4.69) is 75.2 Å². The fourth-order valence-electron chi connectivity index (χ4n) is 3.86. The summed E-state index contributed by atoms with van der Waals surface area (Å²) in [5.41, 5.74) is 20.7. The van der Waals surface area contributed by atoms with E-state index in [1.54, 1.807) is 0 Å². The fourth-order valence-corrected chi connectivity index (χ4v) is 4.90. The van der Waals surface area contributed by atoms with Crippen LogP contribution in [0.3, 0.4) is 0 Å². The molecule has 0 radical (unpaired) electrons. The average molecular weight is 552 g/mol. The molecule has 1 aromatic carbocycles. The first-order chi connectivity index (χ1) is 18.3. The SMILES string of the molecule is CC(C)c1ccc2nc(CCC(C/C=C/CN)C3CCOCC3)sc2c1.CCC.NC=O.NC=O.NC=O. The molecule has 8 N–H and O–H groups in total. The Morgan fingerprint density at radius 3 is 2.08 bits per heavy atom. The molecule has 10 heteroatoms. The highest BCUT2D eigenvalue weighted by Crippen LogP contribution is 2.32. The summed E-state index contributed by atoms with van der Waals surface area (Å²) in [7, 11) is 0. The zero-order chi connectivity index (χ0) is 29.2. The molecule has 1 saturated heterocycles. The molecule has 0 spiro atoms. The van der Waals surface area contributed by atoms with E-state index in [0.29, 0.717) is 18.4 Å². The van der Waals surface area contributed by atoms with Crippen LogP contribution >= 0.6 is 11.3 Å². The Hall–Kier alpha value is -2.82. The van der Waals surface area contributed by atoms with Crippen LogP contribution in [0.25, 0.3) is 10.2 Å². The van der Waals surface area contributed by atoms with E-state index in [1.807, 2.05) is 11.3 Å². The molecule has 2 heterocycles. The molecule has 1 aromatic heterocycles. The fraction of sp³-hybridized carbons (Fsp3) is 0.571. The number of aromatic nitrogens is 1. The third-order valence-corrected chi connectivity index (χ3v) is 6.60. The lowest BCUT2D eigenvalue weighted by molar-refractivity contribution is -0.107. The highest BCUT2D eigenvalue weighted by molar-refractivity contribution is 7.18. The average Bonchev–Trinajstić information content (AvgIpc) is 3.31. The van der Waals surface area contributed by atoms with Crippen LogP contribution in [0.2, 0.25) is 0 Å². The highest BCUT2D eigenvalue weighted by Gasteiger charge is 2.23. The highest BCUT2D eigenvalue weighted by atomic mass is 32.1. The van der Waals surface area contributed by atoms with E-state index >= 15 is 0 Å². The Morgan fingerprint density at radius 1 is 1.03 bits per heavy atom. The van der Waals surface area contributed by atoms with E-state index in [0.717, 1.165) is 37.5 Å². The summed E-state index contributed by atoms with van der Waals surface area (Å²) < 4.78 is 6.89. The molecule has 0 aliphatic carbocycles. The lowest BCUT2D eigenvalue weighted by atomic mass is 9.81. The van der Waals surface area contributed by atoms with E-state index in [-0.39, 0.29) is 19.2 Å². The van der Waals surface area contributed by atoms with Gasteiger partial charge < -0.3 is 27.7 Å². The molecule has 1 atom stereocenters. The van der Waals surface area contributed by atoms with Crippen LogP contribution in [0, 0.1) is 11.8 Å². The van der Waals surface area contributed by atoms with Gasteiger partial charge in [-0.15, -0.1) is 11.3 Å². The number of rotatable bonds is 8. The maximum atomic E-state index is 8.58. The van der Waals surface area contributed by atoms with Gasteiger partial charge in [0.2, 0.25) is 19.2 Å². The van der Waals surface area contributed by atoms with Gasteiger partial charge in [-0.2, -0.15) is 0 Å². The van der Waals surface area contributed by atoms with Gasteiger partial charge >= 0.3 is 0 Å². The molecule has 0 bridgehead atoms. The number of carbonyl (C=O) groups is 3. The normalized spacial score (nSPS) is 13.4. The summed E-state index contributed by atoms with van der Waals surface area (Å²) in [5.74, 6) is 2.05. The van der Waals surface area contributed by atoms with Crippen molar-refractivity contribution in [2.75, 3.05) is 19.8 Å². The zero-order valence-electron chi connectivity index (χ0n) is 23.5. The molecule has 216 valence electrons. The summed E-state index contributed by atoms with van der Waals surface area (Å²) in [6.07, 6.45) is 12.2. The van der Waals surface area contributed by atoms with Crippen LogP contribution < -0.4 is 22.9 Å². The van der Waals surface area contributed by atoms with Crippen LogP contribution in [-0.2, 0) is 25.5 Å². The third kappa shape index (κ3) is 17.6. The molecule has 1 aliphatic rings. The summed E-state index contributed by atoms with van der Waals surface area (Å²) in [5, 5.41) is 1.28. The first-order valence-electron chi connectivity index (χ1n) is 13.1. The molecule has 1 fully saturated rings. The van der Waals surface area contributed by atoms with Gasteiger partial charge in [0.05, 0.1) is 15.2 Å². The summed E-state index contributed by atoms with van der Waals surface area (Å²) in [6, 6.07) is 6.73. The van der Waals surface area contributed by atoms with Crippen LogP contribution in [0.15, 0.2) is 30.4 Å². The smallest absolute Gasteiger partial charge is 0.204 e. The van der Waals surface area contributed by atoms with E-state index in [9.17, 15) is 0 Å². The monoisotopic (exact) mass is 551 g/mol. The zero-order valence-corrected chi connectivity index (χ0v) is 24.3. The second-order valence-corrected chi connectivity index (χ2v) is 9.91. The summed E-state index contributed by atoms with van der Waals surface area (Å²) in [4.78, 5) is 30.6. The number of ether oxygens (including phenoxy) is 1. The topological polar surface area (TPSA) is 177 Å². The number of thiazole rings is 1. The van der Waals surface area contributed by atoms with Crippen molar-refractivity contribution >= 4 is 40.8 Å². The molecule has 0 saturated carbocycles. The Morgan fingerprint density at radius 2 is 1.58 bits per heavy atom. The second-order valence-electron chi connectivity index (χ2n) is 8.80. The van der Waals surface area contributed by atoms with Crippen molar-refractivity contribution in [2.24, 2.45) is 34.8 Å². The molecule has 2 aromatic rings. The first-order valence-corrected chi connectivity index (χ1v) is 13.9. The molecule has 1 aliphatic heterocycles. The second kappa shape index (κ2) is 25.8. The van der Waals surface area contributed by atoms with Gasteiger partial charge in [0.1, 0.15) is 0 Å². The number of fused-ring (bicyclic) bond motifs is 1. The predicted octanol–water partition coefficient (Wildman–Crippen LogP) is 4.02. The Kier molecular flexibility index (Phi) is 25.4. The van der Waals surface area contributed by atoms with Crippen molar-refractivity contribution in [2.45, 2.75) is 72.1 Å². The molecule has 3 rings (SSSR count). The van der Waals surface area contributed by atoms with Gasteiger partial charge in [-0.25, -0.2) is 4.98 Å². The number of nitrogens with two attached hydrogens (primary N) is 4. The van der Waals surface area contributed by atoms with Gasteiger partial charge in [0, 0.05) is 19.8 Å². The molecule has 38 heavy (non-hydrogen) atoms. The molecule has 3 amide bonds. The number of hydrogen-bond donors (Lipinski definition) is 4. The number of hydrogen-bond acceptors (Lipinski definition) is 7. The van der Waals surface area contributed by atoms with E-state index in [1.165, 1.54) is 41.0 Å². The summed E-state index contributed by atoms with van der Waals surface area (Å²) in [6.45, 7) is 11.2. The Balaban J connectivity index is 0. The van der Waals surface area contributed by atoms with Gasteiger partial charge in [-0.3, -0.25) is 14.4 Å². The number of benzene rings is 1. The number of carbonyl (C=O) groups excluding carboxylic acids is 3. The van der Waals surface area contributed by atoms with Crippen LogP contribution in [0.5, 0.6) is 0 Å². The largest absolute Gasteiger partial charge is 0.381 e. The van der Waals surface area contributed by atoms with Crippen LogP contribution in [0.1, 0.15) is 76.3 Å². The summed E-state index contributed by atoms with van der Waals surface area (Å²) >= 11 is 1.87. The number of primary amides is 3. The van der Waals surface area contributed by atoms with Crippen molar-refractivity contribution in [1.82, 2.24) is 4.98 Å². The third-order valence-electron chi connectivity index (χ3n) is 5.53. The maximum absolute atomic E-state index is 8.58. The quantitative estimate of drug-likeness (QED) is 0.284. The van der Waals surface area contributed by atoms with Crippen molar-refractivity contribution in [3.63, 3.8) is 0 Å². The lowest BCUT2D eigenvalue weighted by Gasteiger charge is -2.29. The van der Waals surface area contributed by atoms with Crippen molar-refractivity contribution in [3.05, 3.63) is 40.9 Å². The van der Waals surface area contributed by atoms with Gasteiger partial charge in [-0.05, 0) is 67.6 Å². The predicted molar refractivity (Wildman–Crippen MR) is 159 cm³/mol. The number of nitrogens with zero attached hydrogens (tertiary/aromatic N) is 1. The van der Waals surface area contributed by atoms with Gasteiger partial charge in [0.25, 0.3) is 0 Å². The van der Waals surface area contributed by atoms with E-state index < -0.39 is 0 Å². The van der Waals surface area contributed by atoms with Crippen molar-refractivity contribution in [3.8, 4) is 0 Å². The first kappa shape index (κ1) is 37.3. The standard InChI is InChI=1S/C22H32N2OS.C3H8.3CH3NO/c1-16(2)19-6-8-20-21(15-19)26-22(24-20)9-7-17(5-3-4-12-23)18-10-13-25-14-11-18;1-3-2;3*2-1-3/h3-4,6,8,15-18H,5,7,9-14,23H2,1-2H3;3H2,1-2H3;3*1H,(H2,2,3)/b4-3+;;;;. The van der Waals surface area contributed by atoms with Crippen LogP contribution in [0.4, 0.5) is 0 Å². The Bertz CT molecular complexity index is 869. The van der Waals surface area contributed by atoms with Gasteiger partial charge in [-0.1, -0.05) is 52.3 Å². The molecular weight excluding hydrogens is 502 g/mol. The minimum atomic E-state index is 0.250. The minimum absolute atomic E-state index is 0.250. The number of aryl methyl sites for hydroxylation is 1. The molecule has 1 unspecified atom stereocenters. The van der Waals surface area contributed by atoms with Crippen molar-refractivity contribution < 1.29 is 19.1 Å². The van der Waals surface area contributed by atoms with Gasteiger partial charge in [0.15, 0.2) is 0 Å².